The molecule has 0 fully saturated rings. The molecule has 0 spiro atoms. The standard InChI is InChI=1S/C4H8Cl.2CH3.ClH.Sn.H/c1-2-3-4-5;;;;;/h1-4H2;2*1H3;1H;;. The quantitative estimate of drug-likeness (QED) is 0.421. The van der Waals surface area contributed by atoms with E-state index in [9.17, 15) is 0 Å². The molecule has 0 aromatic rings. The molecule has 58 valence electrons. The molecule has 0 aromatic heterocycles. The van der Waals surface area contributed by atoms with Gasteiger partial charge in [0.2, 0.25) is 0 Å². The van der Waals surface area contributed by atoms with Crippen molar-refractivity contribution in [3.05, 3.63) is 0 Å². The van der Waals surface area contributed by atoms with E-state index in [1.807, 2.05) is 0 Å². The monoisotopic (exact) mass is 278 g/mol. The number of alkyl halides is 1. The van der Waals surface area contributed by atoms with Crippen molar-refractivity contribution >= 4 is 43.8 Å². The molecule has 0 radical (unpaired) electrons. The van der Waals surface area contributed by atoms with E-state index in [0.717, 1.165) is 5.88 Å². The van der Waals surface area contributed by atoms with Crippen molar-refractivity contribution < 1.29 is 0 Å². The number of halogens is 2. The SMILES string of the molecule is Cl.[CH3][SnH]([CH3])[CH2]CCCCl. The first kappa shape index (κ1) is 13.0. The fourth-order valence-electron chi connectivity index (χ4n) is 0.647. The summed E-state index contributed by atoms with van der Waals surface area (Å²) in [5.41, 5.74) is 0. The van der Waals surface area contributed by atoms with Crippen molar-refractivity contribution in [2.75, 3.05) is 5.88 Å². The van der Waals surface area contributed by atoms with Crippen LogP contribution in [0.15, 0.2) is 0 Å². The van der Waals surface area contributed by atoms with E-state index in [0.29, 0.717) is 0 Å². The van der Waals surface area contributed by atoms with Crippen molar-refractivity contribution in [1.29, 1.82) is 0 Å². The molecule has 0 nitrogen and oxygen atoms in total. The molecule has 3 heteroatoms. The first-order valence-electron chi connectivity index (χ1n) is 3.33. The van der Waals surface area contributed by atoms with E-state index in [4.69, 9.17) is 11.6 Å². The molecular formula is C6H16Cl2Sn. The number of unbranched alkanes of at least 4 members (excludes halogenated alkanes) is 1. The topological polar surface area (TPSA) is 0 Å². The van der Waals surface area contributed by atoms with Crippen molar-refractivity contribution in [2.24, 2.45) is 0 Å². The van der Waals surface area contributed by atoms with Gasteiger partial charge in [0.25, 0.3) is 0 Å². The molecule has 0 amide bonds. The second kappa shape index (κ2) is 9.38. The Morgan fingerprint density at radius 1 is 1.22 bits per heavy atom. The Morgan fingerprint density at radius 3 is 2.11 bits per heavy atom. The average molecular weight is 278 g/mol. The molecule has 0 aromatic carbocycles. The number of hydrogen-bond donors (Lipinski definition) is 0. The molecule has 0 bridgehead atoms. The second-order valence-corrected chi connectivity index (χ2v) is 12.6. The van der Waals surface area contributed by atoms with Gasteiger partial charge in [-0.25, -0.2) is 0 Å². The third-order valence-electron chi connectivity index (χ3n) is 1.17. The van der Waals surface area contributed by atoms with Crippen LogP contribution in [0.2, 0.25) is 14.3 Å². The number of hydrogen-bond acceptors (Lipinski definition) is 0. The van der Waals surface area contributed by atoms with Crippen molar-refractivity contribution in [1.82, 2.24) is 0 Å². The van der Waals surface area contributed by atoms with Gasteiger partial charge in [-0.05, 0) is 0 Å². The van der Waals surface area contributed by atoms with Crippen LogP contribution < -0.4 is 0 Å². The van der Waals surface area contributed by atoms with Crippen LogP contribution in [0.5, 0.6) is 0 Å². The maximum absolute atomic E-state index is 5.51. The van der Waals surface area contributed by atoms with E-state index in [2.05, 4.69) is 9.88 Å². The maximum atomic E-state index is 5.51. The van der Waals surface area contributed by atoms with E-state index >= 15 is 0 Å². The van der Waals surface area contributed by atoms with E-state index in [1.165, 1.54) is 17.3 Å². The van der Waals surface area contributed by atoms with Crippen LogP contribution >= 0.6 is 24.0 Å². The van der Waals surface area contributed by atoms with Gasteiger partial charge in [0.15, 0.2) is 0 Å². The first-order valence-corrected chi connectivity index (χ1v) is 12.8. The predicted octanol–water partition coefficient (Wildman–Crippen LogP) is 2.91. The zero-order valence-electron chi connectivity index (χ0n) is 6.19. The summed E-state index contributed by atoms with van der Waals surface area (Å²) in [6.45, 7) is 0. The summed E-state index contributed by atoms with van der Waals surface area (Å²) in [5.74, 6) is 0.860. The normalized spacial score (nSPS) is 9.33. The van der Waals surface area contributed by atoms with E-state index < -0.39 is 19.8 Å². The van der Waals surface area contributed by atoms with E-state index in [1.54, 1.807) is 0 Å². The molecule has 0 saturated carbocycles. The Morgan fingerprint density at radius 2 is 1.78 bits per heavy atom. The van der Waals surface area contributed by atoms with Gasteiger partial charge in [-0.3, -0.25) is 0 Å². The molecule has 0 atom stereocenters. The second-order valence-electron chi connectivity index (χ2n) is 2.58. The Labute approximate surface area is 76.5 Å². The van der Waals surface area contributed by atoms with Crippen molar-refractivity contribution in [2.45, 2.75) is 27.2 Å². The van der Waals surface area contributed by atoms with Crippen LogP contribution in [0.1, 0.15) is 12.8 Å². The van der Waals surface area contributed by atoms with Crippen LogP contribution in [-0.4, -0.2) is 25.6 Å². The fraction of sp³-hybridized carbons (Fsp3) is 1.00. The molecule has 0 unspecified atom stereocenters. The summed E-state index contributed by atoms with van der Waals surface area (Å²) in [6.07, 6.45) is 2.62. The van der Waals surface area contributed by atoms with Crippen molar-refractivity contribution in [3.63, 3.8) is 0 Å². The minimum atomic E-state index is -0.827. The Kier molecular flexibility index (Phi) is 13.6. The molecule has 9 heavy (non-hydrogen) atoms. The third-order valence-corrected chi connectivity index (χ3v) is 5.89. The van der Waals surface area contributed by atoms with Crippen LogP contribution in [0.4, 0.5) is 0 Å². The molecule has 0 heterocycles. The van der Waals surface area contributed by atoms with Crippen LogP contribution in [0.25, 0.3) is 0 Å². The van der Waals surface area contributed by atoms with E-state index in [-0.39, 0.29) is 12.4 Å². The summed E-state index contributed by atoms with van der Waals surface area (Å²) in [4.78, 5) is 4.91. The average Bonchev–Trinajstić information content (AvgIpc) is 1.66. The Bertz CT molecular complexity index is 48.3. The molecule has 0 aliphatic heterocycles. The molecule has 0 N–H and O–H groups in total. The molecule has 0 aliphatic carbocycles. The minimum absolute atomic E-state index is 0. The summed E-state index contributed by atoms with van der Waals surface area (Å²) >= 11 is 4.68. The Balaban J connectivity index is 0. The molecule has 0 saturated heterocycles. The van der Waals surface area contributed by atoms with Crippen LogP contribution in [0.3, 0.4) is 0 Å². The van der Waals surface area contributed by atoms with Crippen molar-refractivity contribution in [3.8, 4) is 0 Å². The van der Waals surface area contributed by atoms with Gasteiger partial charge >= 0.3 is 64.4 Å². The third kappa shape index (κ3) is 12.5. The molecular weight excluding hydrogens is 262 g/mol. The van der Waals surface area contributed by atoms with Crippen LogP contribution in [-0.2, 0) is 0 Å². The molecule has 0 rings (SSSR count). The first-order chi connectivity index (χ1) is 3.77. The summed E-state index contributed by atoms with van der Waals surface area (Å²) in [5, 5.41) is 0. The van der Waals surface area contributed by atoms with Gasteiger partial charge in [-0.1, -0.05) is 0 Å². The summed E-state index contributed by atoms with van der Waals surface area (Å²) in [7, 11) is 0. The van der Waals surface area contributed by atoms with Crippen LogP contribution in [0, 0.1) is 0 Å². The van der Waals surface area contributed by atoms with Gasteiger partial charge in [0.05, 0.1) is 0 Å². The zero-order chi connectivity index (χ0) is 6.41. The predicted molar refractivity (Wildman–Crippen MR) is 50.9 cm³/mol. The van der Waals surface area contributed by atoms with Gasteiger partial charge in [-0.15, -0.1) is 12.4 Å². The van der Waals surface area contributed by atoms with Gasteiger partial charge < -0.3 is 0 Å². The number of rotatable bonds is 4. The summed E-state index contributed by atoms with van der Waals surface area (Å²) in [6, 6.07) is 0. The van der Waals surface area contributed by atoms with Gasteiger partial charge in [-0.2, -0.15) is 0 Å². The fourth-order valence-corrected chi connectivity index (χ4v) is 3.99. The molecule has 0 aliphatic rings. The Hall–Kier alpha value is 1.38. The van der Waals surface area contributed by atoms with Gasteiger partial charge in [0, 0.05) is 0 Å². The zero-order valence-corrected chi connectivity index (χ0v) is 11.1. The summed E-state index contributed by atoms with van der Waals surface area (Å²) < 4.78 is 1.54. The van der Waals surface area contributed by atoms with Gasteiger partial charge in [0.1, 0.15) is 0 Å².